The van der Waals surface area contributed by atoms with Crippen LogP contribution in [0.3, 0.4) is 0 Å². The molecule has 1 aromatic carbocycles. The van der Waals surface area contributed by atoms with Crippen LogP contribution >= 0.6 is 11.8 Å². The topological polar surface area (TPSA) is 30.5 Å². The van der Waals surface area contributed by atoms with Crippen LogP contribution in [0.25, 0.3) is 0 Å². The van der Waals surface area contributed by atoms with Crippen molar-refractivity contribution < 1.29 is 9.47 Å². The molecule has 1 N–H and O–H groups in total. The van der Waals surface area contributed by atoms with Crippen molar-refractivity contribution in [1.82, 2.24) is 5.32 Å². The second kappa shape index (κ2) is 3.86. The Kier molecular flexibility index (Phi) is 2.48. The van der Waals surface area contributed by atoms with E-state index in [1.807, 2.05) is 24.9 Å². The molecule has 0 amide bonds. The fourth-order valence-corrected chi connectivity index (χ4v) is 3.29. The standard InChI is InChI=1S/C12H15NO2S/c1-13-7-12(4-5-12)16-9-2-3-10-11(6-9)15-8-14-10/h2-3,6,13H,4-5,7-8H2,1H3. The number of nitrogens with one attached hydrogen (secondary N) is 1. The molecule has 4 heteroatoms. The zero-order valence-electron chi connectivity index (χ0n) is 9.29. The molecule has 0 aromatic heterocycles. The first-order chi connectivity index (χ1) is 7.81. The molecule has 86 valence electrons. The first-order valence-corrected chi connectivity index (χ1v) is 6.36. The van der Waals surface area contributed by atoms with Gasteiger partial charge in [-0.05, 0) is 38.1 Å². The van der Waals surface area contributed by atoms with Gasteiger partial charge in [-0.1, -0.05) is 0 Å². The van der Waals surface area contributed by atoms with Crippen LogP contribution in [0.4, 0.5) is 0 Å². The van der Waals surface area contributed by atoms with E-state index in [-0.39, 0.29) is 0 Å². The molecule has 1 aromatic rings. The number of fused-ring (bicyclic) bond motifs is 1. The van der Waals surface area contributed by atoms with Crippen molar-refractivity contribution in [1.29, 1.82) is 0 Å². The van der Waals surface area contributed by atoms with E-state index in [1.165, 1.54) is 17.7 Å². The largest absolute Gasteiger partial charge is 0.454 e. The van der Waals surface area contributed by atoms with Crippen LogP contribution < -0.4 is 14.8 Å². The van der Waals surface area contributed by atoms with E-state index in [4.69, 9.17) is 9.47 Å². The second-order valence-corrected chi connectivity index (χ2v) is 5.87. The fourth-order valence-electron chi connectivity index (χ4n) is 1.97. The Morgan fingerprint density at radius 1 is 1.31 bits per heavy atom. The highest BCUT2D eigenvalue weighted by atomic mass is 32.2. The lowest BCUT2D eigenvalue weighted by Gasteiger charge is -2.14. The normalized spacial score (nSPS) is 19.8. The molecular formula is C12H15NO2S. The maximum absolute atomic E-state index is 5.38. The summed E-state index contributed by atoms with van der Waals surface area (Å²) in [7, 11) is 2.01. The summed E-state index contributed by atoms with van der Waals surface area (Å²) >= 11 is 1.95. The van der Waals surface area contributed by atoms with Crippen molar-refractivity contribution >= 4 is 11.8 Å². The molecule has 3 rings (SSSR count). The van der Waals surface area contributed by atoms with E-state index in [1.54, 1.807) is 0 Å². The van der Waals surface area contributed by atoms with Gasteiger partial charge in [-0.15, -0.1) is 11.8 Å². The van der Waals surface area contributed by atoms with Gasteiger partial charge in [0.1, 0.15) is 0 Å². The van der Waals surface area contributed by atoms with Crippen LogP contribution in [0.15, 0.2) is 23.1 Å². The zero-order chi connectivity index (χ0) is 11.0. The zero-order valence-corrected chi connectivity index (χ0v) is 10.1. The average Bonchev–Trinajstić information content (AvgIpc) is 2.87. The maximum atomic E-state index is 5.38. The molecule has 1 aliphatic heterocycles. The van der Waals surface area contributed by atoms with Crippen molar-refractivity contribution in [3.63, 3.8) is 0 Å². The molecule has 0 atom stereocenters. The Labute approximate surface area is 99.5 Å². The Morgan fingerprint density at radius 2 is 2.12 bits per heavy atom. The number of thioether (sulfide) groups is 1. The molecule has 1 heterocycles. The molecule has 16 heavy (non-hydrogen) atoms. The van der Waals surface area contributed by atoms with E-state index >= 15 is 0 Å². The highest BCUT2D eigenvalue weighted by Gasteiger charge is 2.43. The van der Waals surface area contributed by atoms with E-state index in [9.17, 15) is 0 Å². The number of ether oxygens (including phenoxy) is 2. The minimum Gasteiger partial charge on any atom is -0.454 e. The summed E-state index contributed by atoms with van der Waals surface area (Å²) < 4.78 is 11.1. The first-order valence-electron chi connectivity index (χ1n) is 5.55. The fraction of sp³-hybridized carbons (Fsp3) is 0.500. The third kappa shape index (κ3) is 1.87. The van der Waals surface area contributed by atoms with Crippen molar-refractivity contribution in [2.75, 3.05) is 20.4 Å². The summed E-state index contributed by atoms with van der Waals surface area (Å²) in [6, 6.07) is 6.21. The SMILES string of the molecule is CNCC1(Sc2ccc3c(c2)OCO3)CC1. The Hall–Kier alpha value is -0.870. The van der Waals surface area contributed by atoms with Gasteiger partial charge in [0, 0.05) is 16.2 Å². The third-order valence-corrected chi connectivity index (χ3v) is 4.46. The van der Waals surface area contributed by atoms with Crippen molar-refractivity contribution in [2.24, 2.45) is 0 Å². The molecule has 0 saturated heterocycles. The second-order valence-electron chi connectivity index (χ2n) is 4.33. The molecule has 2 aliphatic rings. The molecule has 0 spiro atoms. The minimum absolute atomic E-state index is 0.352. The number of hydrogen-bond donors (Lipinski definition) is 1. The van der Waals surface area contributed by atoms with Gasteiger partial charge in [0.25, 0.3) is 0 Å². The Morgan fingerprint density at radius 3 is 2.88 bits per heavy atom. The highest BCUT2D eigenvalue weighted by Crippen LogP contribution is 2.52. The summed E-state index contributed by atoms with van der Waals surface area (Å²) in [4.78, 5) is 1.28. The first kappa shape index (κ1) is 10.3. The smallest absolute Gasteiger partial charge is 0.231 e. The molecule has 1 saturated carbocycles. The summed E-state index contributed by atoms with van der Waals surface area (Å²) in [5.74, 6) is 1.74. The van der Waals surface area contributed by atoms with Gasteiger partial charge in [-0.25, -0.2) is 0 Å². The summed E-state index contributed by atoms with van der Waals surface area (Å²) in [6.45, 7) is 1.43. The van der Waals surface area contributed by atoms with Crippen LogP contribution in [0.5, 0.6) is 11.5 Å². The Balaban J connectivity index is 1.75. The van der Waals surface area contributed by atoms with Crippen LogP contribution in [-0.4, -0.2) is 25.1 Å². The number of rotatable bonds is 4. The molecule has 0 radical (unpaired) electrons. The molecular weight excluding hydrogens is 222 g/mol. The molecule has 0 bridgehead atoms. The van der Waals surface area contributed by atoms with E-state index in [2.05, 4.69) is 17.4 Å². The van der Waals surface area contributed by atoms with E-state index in [0.29, 0.717) is 11.5 Å². The van der Waals surface area contributed by atoms with Crippen LogP contribution in [-0.2, 0) is 0 Å². The minimum atomic E-state index is 0.352. The molecule has 1 fully saturated rings. The van der Waals surface area contributed by atoms with Crippen LogP contribution in [0.2, 0.25) is 0 Å². The van der Waals surface area contributed by atoms with Gasteiger partial charge in [-0.3, -0.25) is 0 Å². The third-order valence-electron chi connectivity index (χ3n) is 2.99. The monoisotopic (exact) mass is 237 g/mol. The molecule has 3 nitrogen and oxygen atoms in total. The summed E-state index contributed by atoms with van der Waals surface area (Å²) in [5.41, 5.74) is 0. The average molecular weight is 237 g/mol. The van der Waals surface area contributed by atoms with Gasteiger partial charge in [0.2, 0.25) is 6.79 Å². The lowest BCUT2D eigenvalue weighted by molar-refractivity contribution is 0.174. The molecule has 1 aliphatic carbocycles. The predicted octanol–water partition coefficient (Wildman–Crippen LogP) is 2.26. The lowest BCUT2D eigenvalue weighted by Crippen LogP contribution is -2.22. The number of benzene rings is 1. The van der Waals surface area contributed by atoms with Crippen LogP contribution in [0, 0.1) is 0 Å². The lowest BCUT2D eigenvalue weighted by atomic mass is 10.3. The van der Waals surface area contributed by atoms with E-state index < -0.39 is 0 Å². The van der Waals surface area contributed by atoms with Crippen molar-refractivity contribution in [3.8, 4) is 11.5 Å². The van der Waals surface area contributed by atoms with Gasteiger partial charge in [0.05, 0.1) is 0 Å². The van der Waals surface area contributed by atoms with Crippen molar-refractivity contribution in [2.45, 2.75) is 22.5 Å². The highest BCUT2D eigenvalue weighted by molar-refractivity contribution is 8.01. The Bertz CT molecular complexity index is 404. The molecule has 0 unspecified atom stereocenters. The number of hydrogen-bond acceptors (Lipinski definition) is 4. The summed E-state index contributed by atoms with van der Waals surface area (Å²) in [6.07, 6.45) is 2.60. The van der Waals surface area contributed by atoms with Crippen LogP contribution in [0.1, 0.15) is 12.8 Å². The van der Waals surface area contributed by atoms with Gasteiger partial charge < -0.3 is 14.8 Å². The van der Waals surface area contributed by atoms with E-state index in [0.717, 1.165) is 18.0 Å². The van der Waals surface area contributed by atoms with Gasteiger partial charge in [-0.2, -0.15) is 0 Å². The van der Waals surface area contributed by atoms with Crippen molar-refractivity contribution in [3.05, 3.63) is 18.2 Å². The van der Waals surface area contributed by atoms with Gasteiger partial charge >= 0.3 is 0 Å². The van der Waals surface area contributed by atoms with Gasteiger partial charge in [0.15, 0.2) is 11.5 Å². The maximum Gasteiger partial charge on any atom is 0.231 e. The summed E-state index contributed by atoms with van der Waals surface area (Å²) in [5, 5.41) is 3.27. The predicted molar refractivity (Wildman–Crippen MR) is 64.3 cm³/mol. The quantitative estimate of drug-likeness (QED) is 0.870.